The van der Waals surface area contributed by atoms with Gasteiger partial charge in [-0.3, -0.25) is 4.79 Å². The van der Waals surface area contributed by atoms with Crippen LogP contribution < -0.4 is 0 Å². The quantitative estimate of drug-likeness (QED) is 0.588. The van der Waals surface area contributed by atoms with Crippen LogP contribution in [0.1, 0.15) is 13.8 Å². The number of nitrogens with zero attached hydrogens (tertiary/aromatic N) is 1. The molecule has 0 radical (unpaired) electrons. The molecule has 2 atom stereocenters. The molecule has 2 heteroatoms. The van der Waals surface area contributed by atoms with E-state index in [-0.39, 0.29) is 17.6 Å². The minimum absolute atomic E-state index is 0.0397. The van der Waals surface area contributed by atoms with Crippen LogP contribution >= 0.6 is 0 Å². The lowest BCUT2D eigenvalue weighted by Gasteiger charge is -2.17. The van der Waals surface area contributed by atoms with Crippen molar-refractivity contribution < 1.29 is 4.79 Å². The Hall–Kier alpha value is -1.36. The summed E-state index contributed by atoms with van der Waals surface area (Å²) in [6.45, 7) is 3.53. The molecule has 0 amide bonds. The molecule has 12 heavy (non-hydrogen) atoms. The number of carbonyl (C=O) groups is 1. The summed E-state index contributed by atoms with van der Waals surface area (Å²) < 4.78 is 0. The number of Topliss-reactive ketones (excluding diaryl/α,β-unsaturated/α-hetero) is 1. The lowest BCUT2D eigenvalue weighted by atomic mass is 9.85. The fourth-order valence-corrected chi connectivity index (χ4v) is 1.41. The first kappa shape index (κ1) is 8.73. The summed E-state index contributed by atoms with van der Waals surface area (Å²) in [6.07, 6.45) is 5.36. The van der Waals surface area contributed by atoms with Crippen LogP contribution in [-0.4, -0.2) is 5.78 Å². The third-order valence-electron chi connectivity index (χ3n) is 2.09. The Morgan fingerprint density at radius 3 is 2.75 bits per heavy atom. The number of nitriles is 1. The van der Waals surface area contributed by atoms with Gasteiger partial charge in [-0.05, 0) is 18.9 Å². The molecule has 1 aliphatic rings. The second-order valence-corrected chi connectivity index (χ2v) is 3.09. The molecule has 0 saturated carbocycles. The summed E-state index contributed by atoms with van der Waals surface area (Å²) in [7, 11) is 0. The van der Waals surface area contributed by atoms with Crippen molar-refractivity contribution in [3.8, 4) is 6.07 Å². The molecule has 1 aliphatic carbocycles. The van der Waals surface area contributed by atoms with Crippen molar-refractivity contribution in [1.29, 1.82) is 5.26 Å². The SMILES string of the molecule is CC(=O)C1C=CC(C#N)=CC1C. The topological polar surface area (TPSA) is 40.9 Å². The minimum atomic E-state index is -0.0397. The number of hydrogen-bond acceptors (Lipinski definition) is 2. The van der Waals surface area contributed by atoms with Gasteiger partial charge in [0.25, 0.3) is 0 Å². The van der Waals surface area contributed by atoms with Gasteiger partial charge in [0.2, 0.25) is 0 Å². The Labute approximate surface area is 72.2 Å². The van der Waals surface area contributed by atoms with Gasteiger partial charge in [-0.25, -0.2) is 0 Å². The van der Waals surface area contributed by atoms with Gasteiger partial charge in [0.1, 0.15) is 5.78 Å². The van der Waals surface area contributed by atoms with Gasteiger partial charge in [-0.2, -0.15) is 5.26 Å². The first-order valence-corrected chi connectivity index (χ1v) is 3.95. The van der Waals surface area contributed by atoms with E-state index in [0.717, 1.165) is 0 Å². The van der Waals surface area contributed by atoms with Crippen LogP contribution in [0.2, 0.25) is 0 Å². The predicted octanol–water partition coefficient (Wildman–Crippen LogP) is 1.85. The third kappa shape index (κ3) is 1.62. The number of allylic oxidation sites excluding steroid dienone is 4. The number of carbonyl (C=O) groups excluding carboxylic acids is 1. The zero-order valence-corrected chi connectivity index (χ0v) is 7.24. The van der Waals surface area contributed by atoms with Gasteiger partial charge < -0.3 is 0 Å². The molecule has 2 unspecified atom stereocenters. The molecule has 0 aromatic rings. The largest absolute Gasteiger partial charge is 0.299 e. The Bertz CT molecular complexity index is 293. The Balaban J connectivity index is 2.83. The van der Waals surface area contributed by atoms with Crippen molar-refractivity contribution in [1.82, 2.24) is 0 Å². The number of ketones is 1. The molecule has 0 fully saturated rings. The molecule has 0 aliphatic heterocycles. The highest BCUT2D eigenvalue weighted by Crippen LogP contribution is 2.22. The van der Waals surface area contributed by atoms with Gasteiger partial charge in [0, 0.05) is 11.5 Å². The predicted molar refractivity (Wildman–Crippen MR) is 46.2 cm³/mol. The first-order chi connectivity index (χ1) is 5.65. The fourth-order valence-electron chi connectivity index (χ4n) is 1.41. The monoisotopic (exact) mass is 161 g/mol. The molecular formula is C10H11NO. The minimum Gasteiger partial charge on any atom is -0.299 e. The molecule has 62 valence electrons. The van der Waals surface area contributed by atoms with Crippen molar-refractivity contribution in [3.05, 3.63) is 23.8 Å². The van der Waals surface area contributed by atoms with Crippen LogP contribution in [0, 0.1) is 23.2 Å². The summed E-state index contributed by atoms with van der Waals surface area (Å²) in [4.78, 5) is 11.0. The van der Waals surface area contributed by atoms with E-state index in [0.29, 0.717) is 5.57 Å². The molecule has 0 N–H and O–H groups in total. The zero-order valence-electron chi connectivity index (χ0n) is 7.24. The average molecular weight is 161 g/mol. The van der Waals surface area contributed by atoms with Crippen molar-refractivity contribution in [2.45, 2.75) is 13.8 Å². The summed E-state index contributed by atoms with van der Waals surface area (Å²) in [6, 6.07) is 2.06. The number of rotatable bonds is 1. The standard InChI is InChI=1S/C10H11NO/c1-7-5-9(6-11)3-4-10(7)8(2)12/h3-5,7,10H,1-2H3. The highest BCUT2D eigenvalue weighted by atomic mass is 16.1. The van der Waals surface area contributed by atoms with Crippen LogP contribution in [0.15, 0.2) is 23.8 Å². The molecule has 0 bridgehead atoms. The average Bonchev–Trinajstić information content (AvgIpc) is 2.03. The molecule has 0 spiro atoms. The second-order valence-electron chi connectivity index (χ2n) is 3.09. The van der Waals surface area contributed by atoms with Crippen molar-refractivity contribution in [2.75, 3.05) is 0 Å². The maximum absolute atomic E-state index is 11.0. The van der Waals surface area contributed by atoms with E-state index >= 15 is 0 Å². The van der Waals surface area contributed by atoms with Crippen molar-refractivity contribution in [3.63, 3.8) is 0 Å². The lowest BCUT2D eigenvalue weighted by molar-refractivity contribution is -0.120. The van der Waals surface area contributed by atoms with Gasteiger partial charge >= 0.3 is 0 Å². The Morgan fingerprint density at radius 1 is 1.67 bits per heavy atom. The summed E-state index contributed by atoms with van der Waals surface area (Å²) in [5.74, 6) is 0.274. The zero-order chi connectivity index (χ0) is 9.14. The van der Waals surface area contributed by atoms with Crippen LogP contribution in [0.5, 0.6) is 0 Å². The van der Waals surface area contributed by atoms with Crippen LogP contribution in [-0.2, 0) is 4.79 Å². The summed E-state index contributed by atoms with van der Waals surface area (Å²) >= 11 is 0. The van der Waals surface area contributed by atoms with E-state index < -0.39 is 0 Å². The van der Waals surface area contributed by atoms with E-state index in [9.17, 15) is 4.79 Å². The van der Waals surface area contributed by atoms with Crippen LogP contribution in [0.4, 0.5) is 0 Å². The molecule has 0 heterocycles. The van der Waals surface area contributed by atoms with Crippen molar-refractivity contribution >= 4 is 5.78 Å². The third-order valence-corrected chi connectivity index (χ3v) is 2.09. The van der Waals surface area contributed by atoms with Crippen LogP contribution in [0.3, 0.4) is 0 Å². The molecular weight excluding hydrogens is 150 g/mol. The lowest BCUT2D eigenvalue weighted by Crippen LogP contribution is -2.18. The molecule has 0 aromatic heterocycles. The van der Waals surface area contributed by atoms with E-state index in [1.807, 2.05) is 19.1 Å². The van der Waals surface area contributed by atoms with Crippen molar-refractivity contribution in [2.24, 2.45) is 11.8 Å². The van der Waals surface area contributed by atoms with E-state index in [2.05, 4.69) is 6.07 Å². The Morgan fingerprint density at radius 2 is 2.33 bits per heavy atom. The second kappa shape index (κ2) is 3.36. The van der Waals surface area contributed by atoms with Gasteiger partial charge in [-0.1, -0.05) is 19.1 Å². The summed E-state index contributed by atoms with van der Waals surface area (Å²) in [5.41, 5.74) is 0.653. The summed E-state index contributed by atoms with van der Waals surface area (Å²) in [5, 5.41) is 8.58. The normalized spacial score (nSPS) is 27.6. The van der Waals surface area contributed by atoms with E-state index in [1.165, 1.54) is 0 Å². The van der Waals surface area contributed by atoms with Crippen LogP contribution in [0.25, 0.3) is 0 Å². The van der Waals surface area contributed by atoms with E-state index in [1.54, 1.807) is 13.0 Å². The number of hydrogen-bond donors (Lipinski definition) is 0. The van der Waals surface area contributed by atoms with Gasteiger partial charge in [0.05, 0.1) is 6.07 Å². The Kier molecular flexibility index (Phi) is 2.44. The smallest absolute Gasteiger partial charge is 0.137 e. The highest BCUT2D eigenvalue weighted by Gasteiger charge is 2.20. The molecule has 2 nitrogen and oxygen atoms in total. The van der Waals surface area contributed by atoms with Gasteiger partial charge in [0.15, 0.2) is 0 Å². The maximum atomic E-state index is 11.0. The molecule has 0 saturated heterocycles. The first-order valence-electron chi connectivity index (χ1n) is 3.95. The fraction of sp³-hybridized carbons (Fsp3) is 0.400. The molecule has 0 aromatic carbocycles. The van der Waals surface area contributed by atoms with Gasteiger partial charge in [-0.15, -0.1) is 0 Å². The van der Waals surface area contributed by atoms with E-state index in [4.69, 9.17) is 5.26 Å². The molecule has 1 rings (SSSR count). The maximum Gasteiger partial charge on any atom is 0.137 e. The highest BCUT2D eigenvalue weighted by molar-refractivity contribution is 5.81.